The van der Waals surface area contributed by atoms with Crippen molar-refractivity contribution < 1.29 is 4.74 Å². The Morgan fingerprint density at radius 3 is 2.68 bits per heavy atom. The van der Waals surface area contributed by atoms with Crippen molar-refractivity contribution in [2.45, 2.75) is 23.8 Å². The van der Waals surface area contributed by atoms with Crippen molar-refractivity contribution >= 4 is 29.0 Å². The van der Waals surface area contributed by atoms with Crippen LogP contribution in [-0.4, -0.2) is 42.4 Å². The molecular formula is C14H20N2OS2. The van der Waals surface area contributed by atoms with E-state index >= 15 is 0 Å². The molecule has 1 aromatic rings. The molecular weight excluding hydrogens is 276 g/mol. The number of ether oxygens (including phenoxy) is 1. The van der Waals surface area contributed by atoms with E-state index in [9.17, 15) is 0 Å². The lowest BCUT2D eigenvalue weighted by Gasteiger charge is -2.30. The Morgan fingerprint density at radius 1 is 1.42 bits per heavy atom. The van der Waals surface area contributed by atoms with Gasteiger partial charge in [-0.15, -0.1) is 11.8 Å². The SMILES string of the molecule is CSc1cccc(OC2CCN(C)CC2)c1C(N)=S. The van der Waals surface area contributed by atoms with Crippen LogP contribution < -0.4 is 10.5 Å². The smallest absolute Gasteiger partial charge is 0.131 e. The Balaban J connectivity index is 2.17. The van der Waals surface area contributed by atoms with E-state index in [1.54, 1.807) is 11.8 Å². The van der Waals surface area contributed by atoms with Gasteiger partial charge in [-0.3, -0.25) is 0 Å². The third kappa shape index (κ3) is 3.61. The van der Waals surface area contributed by atoms with E-state index in [1.807, 2.05) is 24.5 Å². The van der Waals surface area contributed by atoms with Crippen LogP contribution in [0.2, 0.25) is 0 Å². The average Bonchev–Trinajstić information content (AvgIpc) is 2.40. The summed E-state index contributed by atoms with van der Waals surface area (Å²) in [5.74, 6) is 0.828. The fraction of sp³-hybridized carbons (Fsp3) is 0.500. The van der Waals surface area contributed by atoms with Crippen LogP contribution in [0.1, 0.15) is 18.4 Å². The van der Waals surface area contributed by atoms with Gasteiger partial charge >= 0.3 is 0 Å². The van der Waals surface area contributed by atoms with Gasteiger partial charge in [-0.05, 0) is 38.3 Å². The molecule has 0 saturated carbocycles. The predicted molar refractivity (Wildman–Crippen MR) is 85.3 cm³/mol. The molecule has 0 bridgehead atoms. The number of rotatable bonds is 4. The minimum absolute atomic E-state index is 0.265. The molecule has 2 rings (SSSR count). The number of likely N-dealkylation sites (tertiary alicyclic amines) is 1. The van der Waals surface area contributed by atoms with E-state index in [0.717, 1.165) is 42.1 Å². The van der Waals surface area contributed by atoms with Crippen molar-refractivity contribution in [1.29, 1.82) is 0 Å². The molecule has 1 heterocycles. The largest absolute Gasteiger partial charge is 0.490 e. The van der Waals surface area contributed by atoms with Crippen LogP contribution >= 0.6 is 24.0 Å². The Hall–Kier alpha value is -0.780. The minimum atomic E-state index is 0.265. The third-order valence-corrected chi connectivity index (χ3v) is 4.40. The fourth-order valence-corrected chi connectivity index (χ4v) is 3.21. The first-order valence-electron chi connectivity index (χ1n) is 6.44. The molecule has 2 N–H and O–H groups in total. The predicted octanol–water partition coefficient (Wildman–Crippen LogP) is 2.52. The number of hydrogen-bond acceptors (Lipinski definition) is 4. The normalized spacial score (nSPS) is 17.4. The lowest BCUT2D eigenvalue weighted by atomic mass is 10.1. The number of nitrogens with zero attached hydrogens (tertiary/aromatic N) is 1. The Kier molecular flexibility index (Phi) is 5.07. The summed E-state index contributed by atoms with van der Waals surface area (Å²) in [6.07, 6.45) is 4.39. The molecule has 3 nitrogen and oxygen atoms in total. The van der Waals surface area contributed by atoms with Gasteiger partial charge in [0.2, 0.25) is 0 Å². The van der Waals surface area contributed by atoms with Crippen LogP contribution in [-0.2, 0) is 0 Å². The first-order valence-corrected chi connectivity index (χ1v) is 8.07. The molecule has 0 aliphatic carbocycles. The molecule has 0 radical (unpaired) electrons. The highest BCUT2D eigenvalue weighted by atomic mass is 32.2. The lowest BCUT2D eigenvalue weighted by Crippen LogP contribution is -2.36. The summed E-state index contributed by atoms with van der Waals surface area (Å²) in [4.78, 5) is 3.82. The number of thioether (sulfide) groups is 1. The molecule has 19 heavy (non-hydrogen) atoms. The maximum Gasteiger partial charge on any atom is 0.131 e. The maximum atomic E-state index is 6.13. The maximum absolute atomic E-state index is 6.13. The van der Waals surface area contributed by atoms with Gasteiger partial charge in [0.05, 0.1) is 5.56 Å². The van der Waals surface area contributed by atoms with Crippen LogP contribution in [0.5, 0.6) is 5.75 Å². The second-order valence-corrected chi connectivity index (χ2v) is 6.11. The van der Waals surface area contributed by atoms with Gasteiger partial charge in [-0.2, -0.15) is 0 Å². The second kappa shape index (κ2) is 6.59. The van der Waals surface area contributed by atoms with Gasteiger partial charge in [-0.1, -0.05) is 18.3 Å². The van der Waals surface area contributed by atoms with Crippen molar-refractivity contribution in [2.24, 2.45) is 5.73 Å². The van der Waals surface area contributed by atoms with Gasteiger partial charge in [0.25, 0.3) is 0 Å². The van der Waals surface area contributed by atoms with Gasteiger partial charge in [0.1, 0.15) is 16.8 Å². The van der Waals surface area contributed by atoms with E-state index in [2.05, 4.69) is 11.9 Å². The van der Waals surface area contributed by atoms with Crippen molar-refractivity contribution in [3.05, 3.63) is 23.8 Å². The Morgan fingerprint density at radius 2 is 2.11 bits per heavy atom. The van der Waals surface area contributed by atoms with Gasteiger partial charge < -0.3 is 15.4 Å². The van der Waals surface area contributed by atoms with E-state index in [1.165, 1.54) is 0 Å². The first kappa shape index (κ1) is 14.6. The molecule has 0 spiro atoms. The van der Waals surface area contributed by atoms with E-state index in [0.29, 0.717) is 4.99 Å². The van der Waals surface area contributed by atoms with E-state index < -0.39 is 0 Å². The van der Waals surface area contributed by atoms with Crippen molar-refractivity contribution in [3.63, 3.8) is 0 Å². The van der Waals surface area contributed by atoms with Crippen LogP contribution in [0.25, 0.3) is 0 Å². The number of hydrogen-bond donors (Lipinski definition) is 1. The highest BCUT2D eigenvalue weighted by Gasteiger charge is 2.20. The molecule has 0 atom stereocenters. The Bertz CT molecular complexity index is 457. The Labute approximate surface area is 124 Å². The van der Waals surface area contributed by atoms with Crippen LogP contribution in [0.15, 0.2) is 23.1 Å². The molecule has 1 saturated heterocycles. The number of nitrogens with two attached hydrogens (primary N) is 1. The van der Waals surface area contributed by atoms with Crippen LogP contribution in [0.4, 0.5) is 0 Å². The molecule has 0 amide bonds. The molecule has 104 valence electrons. The summed E-state index contributed by atoms with van der Waals surface area (Å²) in [7, 11) is 2.14. The molecule has 0 unspecified atom stereocenters. The van der Waals surface area contributed by atoms with Crippen molar-refractivity contribution in [1.82, 2.24) is 4.90 Å². The second-order valence-electron chi connectivity index (χ2n) is 4.82. The quantitative estimate of drug-likeness (QED) is 0.683. The summed E-state index contributed by atoms with van der Waals surface area (Å²) >= 11 is 6.81. The van der Waals surface area contributed by atoms with Crippen LogP contribution in [0, 0.1) is 0 Å². The zero-order valence-corrected chi connectivity index (χ0v) is 13.0. The van der Waals surface area contributed by atoms with E-state index in [4.69, 9.17) is 22.7 Å². The van der Waals surface area contributed by atoms with E-state index in [-0.39, 0.29) is 6.10 Å². The zero-order valence-electron chi connectivity index (χ0n) is 11.4. The summed E-state index contributed by atoms with van der Waals surface area (Å²) in [5, 5.41) is 0. The summed E-state index contributed by atoms with van der Waals surface area (Å²) in [6, 6.07) is 5.99. The van der Waals surface area contributed by atoms with Gasteiger partial charge in [0.15, 0.2) is 0 Å². The topological polar surface area (TPSA) is 38.5 Å². The highest BCUT2D eigenvalue weighted by Crippen LogP contribution is 2.30. The van der Waals surface area contributed by atoms with Gasteiger partial charge in [-0.25, -0.2) is 0 Å². The number of piperidine rings is 1. The zero-order chi connectivity index (χ0) is 13.8. The molecule has 5 heteroatoms. The van der Waals surface area contributed by atoms with Crippen LogP contribution in [0.3, 0.4) is 0 Å². The monoisotopic (exact) mass is 296 g/mol. The molecule has 1 fully saturated rings. The van der Waals surface area contributed by atoms with Crippen molar-refractivity contribution in [3.8, 4) is 5.75 Å². The van der Waals surface area contributed by atoms with Gasteiger partial charge in [0, 0.05) is 18.0 Å². The lowest BCUT2D eigenvalue weighted by molar-refractivity contribution is 0.114. The molecule has 1 aliphatic heterocycles. The summed E-state index contributed by atoms with van der Waals surface area (Å²) in [6.45, 7) is 2.16. The number of thiocarbonyl (C=S) groups is 1. The first-order chi connectivity index (χ1) is 9.11. The average molecular weight is 296 g/mol. The third-order valence-electron chi connectivity index (χ3n) is 3.41. The summed E-state index contributed by atoms with van der Waals surface area (Å²) in [5.41, 5.74) is 6.73. The fourth-order valence-electron chi connectivity index (χ4n) is 2.30. The minimum Gasteiger partial charge on any atom is -0.490 e. The van der Waals surface area contributed by atoms with Crippen molar-refractivity contribution in [2.75, 3.05) is 26.4 Å². The standard InChI is InChI=1S/C14H20N2OS2/c1-16-8-6-10(7-9-16)17-11-4-3-5-12(19-2)13(11)14(15)18/h3-5,10H,6-9H2,1-2H3,(H2,15,18). The highest BCUT2D eigenvalue weighted by molar-refractivity contribution is 7.98. The molecule has 0 aromatic heterocycles. The summed E-state index contributed by atoms with van der Waals surface area (Å²) < 4.78 is 6.13. The molecule has 1 aliphatic rings. The molecule has 1 aromatic carbocycles. The number of benzene rings is 1.